The number of ether oxygens (including phenoxy) is 1. The summed E-state index contributed by atoms with van der Waals surface area (Å²) in [6.07, 6.45) is 0. The van der Waals surface area contributed by atoms with E-state index < -0.39 is 21.8 Å². The molecule has 0 spiro atoms. The number of benzene rings is 2. The Hall–Kier alpha value is -2.91. The van der Waals surface area contributed by atoms with Crippen molar-refractivity contribution in [3.8, 4) is 5.75 Å². The Labute approximate surface area is 158 Å². The summed E-state index contributed by atoms with van der Waals surface area (Å²) in [5.74, 6) is -0.379. The predicted octanol–water partition coefficient (Wildman–Crippen LogP) is 1.31. The molecule has 0 aromatic heterocycles. The van der Waals surface area contributed by atoms with Gasteiger partial charge in [0.2, 0.25) is 15.9 Å². The monoisotopic (exact) mass is 391 g/mol. The number of nitrogens with zero attached hydrogens (tertiary/aromatic N) is 1. The third kappa shape index (κ3) is 5.28. The zero-order chi connectivity index (χ0) is 20.0. The van der Waals surface area contributed by atoms with E-state index >= 15 is 0 Å². The van der Waals surface area contributed by atoms with Gasteiger partial charge in [0.25, 0.3) is 5.91 Å². The summed E-state index contributed by atoms with van der Waals surface area (Å²) in [5.41, 5.74) is 0.680. The van der Waals surface area contributed by atoms with Gasteiger partial charge in [-0.25, -0.2) is 12.7 Å². The Morgan fingerprint density at radius 2 is 1.78 bits per heavy atom. The molecule has 2 aromatic carbocycles. The molecule has 8 nitrogen and oxygen atoms in total. The summed E-state index contributed by atoms with van der Waals surface area (Å²) in [6, 6.07) is 12.4. The second-order valence-corrected chi connectivity index (χ2v) is 7.93. The fraction of sp³-hybridized carbons (Fsp3) is 0.222. The minimum Gasteiger partial charge on any atom is -0.497 e. The standard InChI is InChI=1S/C18H21N3O5S/c1-21(2)27(24,25)16-9-4-6-13(10-16)18(23)19-12-17(22)20-14-7-5-8-15(11-14)26-3/h4-11H,12H2,1-3H3,(H,19,23)(H,20,22). The first-order chi connectivity index (χ1) is 12.7. The molecule has 0 unspecified atom stereocenters. The highest BCUT2D eigenvalue weighted by Crippen LogP contribution is 2.17. The van der Waals surface area contributed by atoms with Crippen LogP contribution in [0.15, 0.2) is 53.4 Å². The topological polar surface area (TPSA) is 105 Å². The molecular weight excluding hydrogens is 370 g/mol. The van der Waals surface area contributed by atoms with Gasteiger partial charge in [-0.1, -0.05) is 12.1 Å². The van der Waals surface area contributed by atoms with Gasteiger partial charge in [0.15, 0.2) is 0 Å². The van der Waals surface area contributed by atoms with Crippen LogP contribution in [-0.4, -0.2) is 52.3 Å². The van der Waals surface area contributed by atoms with E-state index in [1.54, 1.807) is 24.3 Å². The van der Waals surface area contributed by atoms with Crippen molar-refractivity contribution < 1.29 is 22.7 Å². The maximum Gasteiger partial charge on any atom is 0.251 e. The number of carbonyl (C=O) groups excluding carboxylic acids is 2. The summed E-state index contributed by atoms with van der Waals surface area (Å²) >= 11 is 0. The molecule has 0 saturated heterocycles. The van der Waals surface area contributed by atoms with Gasteiger partial charge in [0.1, 0.15) is 5.75 Å². The van der Waals surface area contributed by atoms with Crippen molar-refractivity contribution >= 4 is 27.5 Å². The number of rotatable bonds is 7. The number of methoxy groups -OCH3 is 1. The van der Waals surface area contributed by atoms with Crippen LogP contribution < -0.4 is 15.4 Å². The predicted molar refractivity (Wildman–Crippen MR) is 101 cm³/mol. The molecule has 0 fully saturated rings. The van der Waals surface area contributed by atoms with E-state index in [1.165, 1.54) is 45.5 Å². The molecule has 0 atom stereocenters. The van der Waals surface area contributed by atoms with Crippen molar-refractivity contribution in [2.24, 2.45) is 0 Å². The lowest BCUT2D eigenvalue weighted by molar-refractivity contribution is -0.115. The average molecular weight is 391 g/mol. The first-order valence-electron chi connectivity index (χ1n) is 7.98. The largest absolute Gasteiger partial charge is 0.497 e. The molecule has 2 rings (SSSR count). The van der Waals surface area contributed by atoms with Gasteiger partial charge < -0.3 is 15.4 Å². The van der Waals surface area contributed by atoms with Crippen LogP contribution in [0, 0.1) is 0 Å². The first-order valence-corrected chi connectivity index (χ1v) is 9.42. The van der Waals surface area contributed by atoms with E-state index in [2.05, 4.69) is 10.6 Å². The molecule has 0 aliphatic rings. The highest BCUT2D eigenvalue weighted by molar-refractivity contribution is 7.89. The Kier molecular flexibility index (Phi) is 6.54. The lowest BCUT2D eigenvalue weighted by atomic mass is 10.2. The minimum absolute atomic E-state index is 0.000909. The van der Waals surface area contributed by atoms with Crippen LogP contribution in [0.25, 0.3) is 0 Å². The molecule has 0 saturated carbocycles. The van der Waals surface area contributed by atoms with Crippen molar-refractivity contribution in [1.29, 1.82) is 0 Å². The number of nitrogens with one attached hydrogen (secondary N) is 2. The van der Waals surface area contributed by atoms with Gasteiger partial charge in [0.05, 0.1) is 18.6 Å². The molecular formula is C18H21N3O5S. The van der Waals surface area contributed by atoms with Gasteiger partial charge in [-0.15, -0.1) is 0 Å². The molecule has 0 aliphatic carbocycles. The maximum atomic E-state index is 12.2. The molecule has 2 N–H and O–H groups in total. The minimum atomic E-state index is -3.65. The van der Waals surface area contributed by atoms with Gasteiger partial charge in [0, 0.05) is 31.4 Å². The number of hydrogen-bond donors (Lipinski definition) is 2. The van der Waals surface area contributed by atoms with Crippen LogP contribution in [0.2, 0.25) is 0 Å². The molecule has 27 heavy (non-hydrogen) atoms. The van der Waals surface area contributed by atoms with E-state index in [1.807, 2.05) is 0 Å². The molecule has 0 heterocycles. The smallest absolute Gasteiger partial charge is 0.251 e. The SMILES string of the molecule is COc1cccc(NC(=O)CNC(=O)c2cccc(S(=O)(=O)N(C)C)c2)c1. The van der Waals surface area contributed by atoms with E-state index in [9.17, 15) is 18.0 Å². The molecule has 9 heteroatoms. The van der Waals surface area contributed by atoms with Crippen LogP contribution in [0.1, 0.15) is 10.4 Å². The zero-order valence-corrected chi connectivity index (χ0v) is 16.0. The summed E-state index contributed by atoms with van der Waals surface area (Å²) in [4.78, 5) is 24.2. The van der Waals surface area contributed by atoms with Crippen molar-refractivity contribution in [3.63, 3.8) is 0 Å². The molecule has 144 valence electrons. The van der Waals surface area contributed by atoms with E-state index in [-0.39, 0.29) is 17.0 Å². The van der Waals surface area contributed by atoms with Crippen LogP contribution in [0.4, 0.5) is 5.69 Å². The van der Waals surface area contributed by atoms with E-state index in [0.717, 1.165) is 4.31 Å². The highest BCUT2D eigenvalue weighted by Gasteiger charge is 2.19. The normalized spacial score (nSPS) is 11.1. The van der Waals surface area contributed by atoms with Crippen molar-refractivity contribution in [2.75, 3.05) is 33.1 Å². The average Bonchev–Trinajstić information content (AvgIpc) is 2.66. The lowest BCUT2D eigenvalue weighted by Gasteiger charge is -2.12. The number of anilines is 1. The van der Waals surface area contributed by atoms with Gasteiger partial charge >= 0.3 is 0 Å². The summed E-state index contributed by atoms with van der Waals surface area (Å²) in [5, 5.41) is 5.10. The quantitative estimate of drug-likeness (QED) is 0.741. The molecule has 2 amide bonds. The Balaban J connectivity index is 2.00. The summed E-state index contributed by atoms with van der Waals surface area (Å²) < 4.78 is 30.4. The fourth-order valence-electron chi connectivity index (χ4n) is 2.18. The zero-order valence-electron chi connectivity index (χ0n) is 15.2. The summed E-state index contributed by atoms with van der Waals surface area (Å²) in [6.45, 7) is -0.263. The van der Waals surface area contributed by atoms with Crippen LogP contribution in [-0.2, 0) is 14.8 Å². The van der Waals surface area contributed by atoms with Crippen molar-refractivity contribution in [2.45, 2.75) is 4.90 Å². The van der Waals surface area contributed by atoms with Gasteiger partial charge in [-0.05, 0) is 30.3 Å². The fourth-order valence-corrected chi connectivity index (χ4v) is 3.13. The number of carbonyl (C=O) groups is 2. The second kappa shape index (κ2) is 8.65. The Bertz CT molecular complexity index is 942. The van der Waals surface area contributed by atoms with Crippen molar-refractivity contribution in [1.82, 2.24) is 9.62 Å². The molecule has 0 radical (unpaired) electrons. The lowest BCUT2D eigenvalue weighted by Crippen LogP contribution is -2.33. The van der Waals surface area contributed by atoms with Crippen LogP contribution in [0.3, 0.4) is 0 Å². The second-order valence-electron chi connectivity index (χ2n) is 5.78. The van der Waals surface area contributed by atoms with E-state index in [4.69, 9.17) is 4.74 Å². The van der Waals surface area contributed by atoms with Crippen LogP contribution >= 0.6 is 0 Å². The van der Waals surface area contributed by atoms with Crippen LogP contribution in [0.5, 0.6) is 5.75 Å². The molecule has 0 aliphatic heterocycles. The Morgan fingerprint density at radius 1 is 1.07 bits per heavy atom. The van der Waals surface area contributed by atoms with E-state index in [0.29, 0.717) is 11.4 Å². The Morgan fingerprint density at radius 3 is 2.44 bits per heavy atom. The van der Waals surface area contributed by atoms with Gasteiger partial charge in [-0.2, -0.15) is 0 Å². The summed E-state index contributed by atoms with van der Waals surface area (Å²) in [7, 11) is 0.686. The maximum absolute atomic E-state index is 12.2. The number of amides is 2. The third-order valence-corrected chi connectivity index (χ3v) is 5.45. The number of hydrogen-bond acceptors (Lipinski definition) is 5. The highest BCUT2D eigenvalue weighted by atomic mass is 32.2. The van der Waals surface area contributed by atoms with Crippen molar-refractivity contribution in [3.05, 3.63) is 54.1 Å². The molecule has 0 bridgehead atoms. The van der Waals surface area contributed by atoms with Gasteiger partial charge in [-0.3, -0.25) is 9.59 Å². The third-order valence-electron chi connectivity index (χ3n) is 3.64. The first kappa shape index (κ1) is 20.4. The molecule has 2 aromatic rings. The number of sulfonamides is 1.